The van der Waals surface area contributed by atoms with Crippen LogP contribution in [0.3, 0.4) is 0 Å². The second kappa shape index (κ2) is 13.5. The van der Waals surface area contributed by atoms with Crippen LogP contribution in [0.25, 0.3) is 22.0 Å². The molecule has 1 heterocycles. The second-order valence-electron chi connectivity index (χ2n) is 8.66. The van der Waals surface area contributed by atoms with Crippen molar-refractivity contribution in [3.63, 3.8) is 0 Å². The Balaban J connectivity index is 2.29. The summed E-state index contributed by atoms with van der Waals surface area (Å²) >= 11 is 0. The van der Waals surface area contributed by atoms with Crippen LogP contribution >= 0.6 is 0 Å². The van der Waals surface area contributed by atoms with Gasteiger partial charge >= 0.3 is 18.3 Å². The number of hydrogen-bond donors (Lipinski definition) is 0. The molecule has 3 rings (SSSR count). The lowest BCUT2D eigenvalue weighted by atomic mass is 9.97. The highest BCUT2D eigenvalue weighted by Gasteiger charge is 2.31. The van der Waals surface area contributed by atoms with Gasteiger partial charge < -0.3 is 28.3 Å². The summed E-state index contributed by atoms with van der Waals surface area (Å²) in [5.41, 5.74) is 2.73. The predicted octanol–water partition coefficient (Wildman–Crippen LogP) is 6.86. The lowest BCUT2D eigenvalue weighted by Gasteiger charge is -2.24. The van der Waals surface area contributed by atoms with Crippen LogP contribution in [-0.4, -0.2) is 43.2 Å². The molecule has 1 atom stereocenters. The van der Waals surface area contributed by atoms with Crippen LogP contribution in [0.15, 0.2) is 60.4 Å². The van der Waals surface area contributed by atoms with Crippen molar-refractivity contribution < 1.29 is 42.5 Å². The second-order valence-corrected chi connectivity index (χ2v) is 8.66. The highest BCUT2D eigenvalue weighted by molar-refractivity contribution is 5.98. The van der Waals surface area contributed by atoms with Gasteiger partial charge in [0.2, 0.25) is 0 Å². The molecule has 0 aliphatic rings. The third kappa shape index (κ3) is 7.16. The first-order valence-electron chi connectivity index (χ1n) is 12.5. The van der Waals surface area contributed by atoms with E-state index < -0.39 is 30.2 Å². The molecule has 39 heavy (non-hydrogen) atoms. The van der Waals surface area contributed by atoms with Gasteiger partial charge in [0.25, 0.3) is 0 Å². The lowest BCUT2D eigenvalue weighted by Crippen LogP contribution is -2.20. The molecule has 2 aromatic carbocycles. The zero-order chi connectivity index (χ0) is 28.5. The number of esters is 1. The number of rotatable bonds is 10. The molecule has 1 unspecified atom stereocenters. The number of carbonyl (C=O) groups is 3. The maximum Gasteiger partial charge on any atom is 0.513 e. The molecule has 10 heteroatoms. The Morgan fingerprint density at radius 2 is 1.59 bits per heavy atom. The topological polar surface area (TPSA) is 102 Å². The van der Waals surface area contributed by atoms with Crippen molar-refractivity contribution in [1.29, 1.82) is 0 Å². The van der Waals surface area contributed by atoms with Crippen molar-refractivity contribution in [1.82, 2.24) is 4.57 Å². The van der Waals surface area contributed by atoms with E-state index in [9.17, 15) is 18.8 Å². The molecule has 0 bridgehead atoms. The summed E-state index contributed by atoms with van der Waals surface area (Å²) in [7, 11) is 1.18. The monoisotopic (exact) mass is 541 g/mol. The fraction of sp³-hybridized carbons (Fsp3) is 0.345. The number of para-hydroxylation sites is 1. The van der Waals surface area contributed by atoms with Crippen LogP contribution in [0.2, 0.25) is 0 Å². The van der Waals surface area contributed by atoms with Gasteiger partial charge in [-0.15, -0.1) is 0 Å². The Hall–Kier alpha value is -4.34. The minimum absolute atomic E-state index is 0.0450. The number of hydrogen-bond acceptors (Lipinski definition) is 8. The quantitative estimate of drug-likeness (QED) is 0.119. The Morgan fingerprint density at radius 1 is 0.949 bits per heavy atom. The van der Waals surface area contributed by atoms with Crippen LogP contribution in [0, 0.1) is 5.82 Å². The molecule has 0 fully saturated rings. The Kier molecular flexibility index (Phi) is 10.1. The zero-order valence-electron chi connectivity index (χ0n) is 22.6. The maximum absolute atomic E-state index is 13.9. The van der Waals surface area contributed by atoms with Gasteiger partial charge in [-0.3, -0.25) is 0 Å². The molecular formula is C29H32FNO8. The van der Waals surface area contributed by atoms with Gasteiger partial charge in [-0.2, -0.15) is 0 Å². The van der Waals surface area contributed by atoms with Gasteiger partial charge in [0.15, 0.2) is 6.10 Å². The van der Waals surface area contributed by atoms with Crippen molar-refractivity contribution in [2.75, 3.05) is 20.3 Å². The fourth-order valence-electron chi connectivity index (χ4n) is 4.30. The van der Waals surface area contributed by atoms with E-state index in [1.54, 1.807) is 26.0 Å². The van der Waals surface area contributed by atoms with Crippen LogP contribution in [0.1, 0.15) is 52.0 Å². The van der Waals surface area contributed by atoms with E-state index in [4.69, 9.17) is 23.7 Å². The lowest BCUT2D eigenvalue weighted by molar-refractivity contribution is -0.135. The first kappa shape index (κ1) is 29.2. The van der Waals surface area contributed by atoms with Crippen molar-refractivity contribution >= 4 is 29.2 Å². The third-order valence-corrected chi connectivity index (χ3v) is 5.75. The van der Waals surface area contributed by atoms with Gasteiger partial charge in [-0.05, 0) is 51.5 Å². The largest absolute Gasteiger partial charge is 0.513 e. The summed E-state index contributed by atoms with van der Waals surface area (Å²) in [6.45, 7) is 7.28. The van der Waals surface area contributed by atoms with Crippen LogP contribution < -0.4 is 0 Å². The summed E-state index contributed by atoms with van der Waals surface area (Å²) < 4.78 is 41.6. The van der Waals surface area contributed by atoms with Gasteiger partial charge in [-0.25, -0.2) is 18.8 Å². The van der Waals surface area contributed by atoms with Gasteiger partial charge in [-0.1, -0.05) is 30.3 Å². The normalized spacial score (nSPS) is 12.2. The Labute approximate surface area is 226 Å². The maximum atomic E-state index is 13.9. The number of methoxy groups -OCH3 is 1. The summed E-state index contributed by atoms with van der Waals surface area (Å²) in [4.78, 5) is 37.0. The van der Waals surface area contributed by atoms with Gasteiger partial charge in [0.1, 0.15) is 11.6 Å². The molecule has 0 aliphatic heterocycles. The van der Waals surface area contributed by atoms with Crippen molar-refractivity contribution in [3.05, 3.63) is 71.9 Å². The van der Waals surface area contributed by atoms with E-state index in [0.717, 1.165) is 17.0 Å². The van der Waals surface area contributed by atoms with Crippen LogP contribution in [0.5, 0.6) is 0 Å². The van der Waals surface area contributed by atoms with Gasteiger partial charge in [0.05, 0.1) is 32.1 Å². The molecular weight excluding hydrogens is 509 g/mol. The molecule has 0 aliphatic carbocycles. The standard InChI is InChI=1S/C29H32FNO8/c1-6-36-28(33)38-21(17-25(32)35-5)16-24(39-29(34)37-7-2)27-26(19-12-14-20(30)15-13-19)22-10-8-9-11-23(22)31(27)18(3)4/h8-15,17-18,24H,6-7,16H2,1-5H3/b21-17-. The van der Waals surface area contributed by atoms with E-state index in [1.807, 2.05) is 42.7 Å². The average molecular weight is 542 g/mol. The minimum atomic E-state index is -1.11. The molecule has 1 aromatic heterocycles. The molecule has 0 radical (unpaired) electrons. The summed E-state index contributed by atoms with van der Waals surface area (Å²) in [5, 5.41) is 0.829. The molecule has 0 spiro atoms. The number of aromatic nitrogens is 1. The number of ether oxygens (including phenoxy) is 5. The summed E-state index contributed by atoms with van der Waals surface area (Å²) in [6.07, 6.45) is -2.36. The molecule has 208 valence electrons. The average Bonchev–Trinajstić information content (AvgIpc) is 3.24. The van der Waals surface area contributed by atoms with Gasteiger partial charge in [0, 0.05) is 28.9 Å². The van der Waals surface area contributed by atoms with Crippen molar-refractivity contribution in [3.8, 4) is 11.1 Å². The van der Waals surface area contributed by atoms with E-state index in [1.165, 1.54) is 19.2 Å². The van der Waals surface area contributed by atoms with E-state index in [-0.39, 0.29) is 31.4 Å². The Bertz CT molecular complexity index is 1340. The molecule has 0 saturated carbocycles. The molecule has 0 N–H and O–H groups in total. The highest BCUT2D eigenvalue weighted by Crippen LogP contribution is 2.43. The summed E-state index contributed by atoms with van der Waals surface area (Å²) in [5.74, 6) is -1.34. The zero-order valence-corrected chi connectivity index (χ0v) is 22.6. The molecule has 3 aromatic rings. The smallest absolute Gasteiger partial charge is 0.466 e. The molecule has 0 amide bonds. The van der Waals surface area contributed by atoms with Crippen molar-refractivity contribution in [2.24, 2.45) is 0 Å². The number of fused-ring (bicyclic) bond motifs is 1. The van der Waals surface area contributed by atoms with E-state index >= 15 is 0 Å². The number of nitrogens with zero attached hydrogens (tertiary/aromatic N) is 1. The third-order valence-electron chi connectivity index (χ3n) is 5.75. The minimum Gasteiger partial charge on any atom is -0.466 e. The fourth-order valence-corrected chi connectivity index (χ4v) is 4.30. The SMILES string of the molecule is CCOC(=O)O/C(=C\C(=O)OC)CC(OC(=O)OCC)c1c(-c2ccc(F)cc2)c2ccccc2n1C(C)C. The summed E-state index contributed by atoms with van der Waals surface area (Å²) in [6, 6.07) is 13.4. The molecule has 0 saturated heterocycles. The van der Waals surface area contributed by atoms with E-state index in [2.05, 4.69) is 0 Å². The molecule has 9 nitrogen and oxygen atoms in total. The Morgan fingerprint density at radius 3 is 2.21 bits per heavy atom. The first-order chi connectivity index (χ1) is 18.7. The number of benzene rings is 2. The van der Waals surface area contributed by atoms with Crippen molar-refractivity contribution in [2.45, 2.75) is 46.3 Å². The first-order valence-corrected chi connectivity index (χ1v) is 12.5. The number of halogens is 1. The number of carbonyl (C=O) groups excluding carboxylic acids is 3. The van der Waals surface area contributed by atoms with Crippen LogP contribution in [-0.2, 0) is 28.5 Å². The van der Waals surface area contributed by atoms with Crippen LogP contribution in [0.4, 0.5) is 14.0 Å². The predicted molar refractivity (Wildman–Crippen MR) is 141 cm³/mol. The highest BCUT2D eigenvalue weighted by atomic mass is 19.1. The van der Waals surface area contributed by atoms with E-state index in [0.29, 0.717) is 16.8 Å².